The quantitative estimate of drug-likeness (QED) is 0.530. The van der Waals surface area contributed by atoms with Crippen molar-refractivity contribution in [3.05, 3.63) is 12.7 Å². The van der Waals surface area contributed by atoms with E-state index in [2.05, 4.69) is 18.4 Å². The molecule has 1 rings (SSSR count). The Balaban J connectivity index is 2.54. The van der Waals surface area contributed by atoms with Crippen LogP contribution < -0.4 is 0 Å². The van der Waals surface area contributed by atoms with Crippen molar-refractivity contribution in [3.63, 3.8) is 0 Å². The van der Waals surface area contributed by atoms with Gasteiger partial charge in [-0.25, -0.2) is 0 Å². The molecule has 1 amide bonds. The zero-order valence-corrected chi connectivity index (χ0v) is 13.5. The van der Waals surface area contributed by atoms with Crippen LogP contribution in [0.5, 0.6) is 0 Å². The number of nitrogens with zero attached hydrogens (tertiary/aromatic N) is 2. The van der Waals surface area contributed by atoms with E-state index >= 15 is 0 Å². The molecule has 4 nitrogen and oxygen atoms in total. The van der Waals surface area contributed by atoms with Crippen LogP contribution in [-0.2, 0) is 9.53 Å². The number of ether oxygens (including phenoxy) is 1. The van der Waals surface area contributed by atoms with Crippen molar-refractivity contribution in [1.82, 2.24) is 9.80 Å². The molecule has 2 unspecified atom stereocenters. The van der Waals surface area contributed by atoms with Crippen molar-refractivity contribution in [2.45, 2.75) is 40.2 Å². The van der Waals surface area contributed by atoms with Gasteiger partial charge in [0.2, 0.25) is 5.91 Å². The van der Waals surface area contributed by atoms with Gasteiger partial charge < -0.3 is 9.64 Å². The molecule has 0 aliphatic carbocycles. The van der Waals surface area contributed by atoms with E-state index < -0.39 is 5.41 Å². The second-order valence-corrected chi connectivity index (χ2v) is 5.81. The molecule has 2 atom stereocenters. The summed E-state index contributed by atoms with van der Waals surface area (Å²) in [5, 5.41) is 0. The van der Waals surface area contributed by atoms with Crippen molar-refractivity contribution in [2.75, 3.05) is 39.4 Å². The van der Waals surface area contributed by atoms with E-state index in [1.807, 2.05) is 25.7 Å². The average Bonchev–Trinajstić information content (AvgIpc) is 2.47. The van der Waals surface area contributed by atoms with Gasteiger partial charge in [0.1, 0.15) is 0 Å². The molecule has 1 heterocycles. The summed E-state index contributed by atoms with van der Waals surface area (Å²) in [6.45, 7) is 17.1. The third kappa shape index (κ3) is 4.06. The number of amides is 1. The first kappa shape index (κ1) is 17.2. The van der Waals surface area contributed by atoms with Crippen LogP contribution in [0.1, 0.15) is 34.1 Å². The van der Waals surface area contributed by atoms with E-state index in [4.69, 9.17) is 4.74 Å². The van der Waals surface area contributed by atoms with Gasteiger partial charge in [-0.15, -0.1) is 6.58 Å². The van der Waals surface area contributed by atoms with Crippen LogP contribution in [0.4, 0.5) is 0 Å². The number of rotatable bonds is 7. The Bertz CT molecular complexity index is 332. The summed E-state index contributed by atoms with van der Waals surface area (Å²) in [5.41, 5.74) is -0.423. The van der Waals surface area contributed by atoms with Crippen molar-refractivity contribution in [3.8, 4) is 0 Å². The van der Waals surface area contributed by atoms with E-state index in [-0.39, 0.29) is 5.91 Å². The first-order chi connectivity index (χ1) is 9.48. The number of hydrogen-bond donors (Lipinski definition) is 0. The number of carbonyl (C=O) groups is 1. The Hall–Kier alpha value is -0.870. The lowest BCUT2D eigenvalue weighted by Gasteiger charge is -2.42. The highest BCUT2D eigenvalue weighted by molar-refractivity contribution is 5.84. The average molecular weight is 282 g/mol. The fourth-order valence-electron chi connectivity index (χ4n) is 2.58. The largest absolute Gasteiger partial charge is 0.380 e. The minimum Gasteiger partial charge on any atom is -0.380 e. The zero-order valence-electron chi connectivity index (χ0n) is 13.5. The van der Waals surface area contributed by atoms with Crippen LogP contribution >= 0.6 is 0 Å². The normalized spacial score (nSPS) is 23.4. The highest BCUT2D eigenvalue weighted by atomic mass is 16.5. The van der Waals surface area contributed by atoms with Gasteiger partial charge in [0.25, 0.3) is 0 Å². The highest BCUT2D eigenvalue weighted by Gasteiger charge is 2.35. The third-order valence-corrected chi connectivity index (χ3v) is 4.45. The summed E-state index contributed by atoms with van der Waals surface area (Å²) in [6, 6.07) is 0.388. The fraction of sp³-hybridized carbons (Fsp3) is 0.812. The van der Waals surface area contributed by atoms with Crippen molar-refractivity contribution < 1.29 is 9.53 Å². The van der Waals surface area contributed by atoms with E-state index in [0.717, 1.165) is 45.8 Å². The molecule has 0 bridgehead atoms. The molecule has 0 aromatic rings. The van der Waals surface area contributed by atoms with Gasteiger partial charge in [-0.2, -0.15) is 0 Å². The molecule has 0 radical (unpaired) electrons. The molecular formula is C16H30N2O2. The summed E-state index contributed by atoms with van der Waals surface area (Å²) in [6.07, 6.45) is 2.59. The number of hydrogen-bond acceptors (Lipinski definition) is 3. The minimum atomic E-state index is -0.423. The standard InChI is InChI=1S/C16H30N2O2/c1-6-16(5,7-2)15(19)18-10-9-17(14(4)13-18)11-12-20-8-3/h6,14H,1,7-13H2,2-5H3. The monoisotopic (exact) mass is 282 g/mol. The minimum absolute atomic E-state index is 0.214. The maximum atomic E-state index is 12.6. The first-order valence-electron chi connectivity index (χ1n) is 7.73. The Morgan fingerprint density at radius 1 is 1.45 bits per heavy atom. The van der Waals surface area contributed by atoms with Crippen LogP contribution in [0.15, 0.2) is 12.7 Å². The van der Waals surface area contributed by atoms with E-state index in [0.29, 0.717) is 6.04 Å². The maximum absolute atomic E-state index is 12.6. The maximum Gasteiger partial charge on any atom is 0.232 e. The van der Waals surface area contributed by atoms with Crippen molar-refractivity contribution >= 4 is 5.91 Å². The van der Waals surface area contributed by atoms with E-state index in [1.165, 1.54) is 0 Å². The molecule has 0 aromatic heterocycles. The van der Waals surface area contributed by atoms with Crippen molar-refractivity contribution in [1.29, 1.82) is 0 Å². The summed E-state index contributed by atoms with van der Waals surface area (Å²) < 4.78 is 5.41. The van der Waals surface area contributed by atoms with Crippen LogP contribution in [0.3, 0.4) is 0 Å². The SMILES string of the molecule is C=CC(C)(CC)C(=O)N1CCN(CCOCC)C(C)C1. The molecule has 1 saturated heterocycles. The van der Waals surface area contributed by atoms with E-state index in [9.17, 15) is 4.79 Å². The van der Waals surface area contributed by atoms with Gasteiger partial charge in [0, 0.05) is 38.8 Å². The van der Waals surface area contributed by atoms with Gasteiger partial charge >= 0.3 is 0 Å². The van der Waals surface area contributed by atoms with E-state index in [1.54, 1.807) is 6.08 Å². The van der Waals surface area contributed by atoms with Crippen LogP contribution in [0, 0.1) is 5.41 Å². The van der Waals surface area contributed by atoms with Gasteiger partial charge in [0.05, 0.1) is 12.0 Å². The third-order valence-electron chi connectivity index (χ3n) is 4.45. The topological polar surface area (TPSA) is 32.8 Å². The molecule has 20 heavy (non-hydrogen) atoms. The molecule has 0 aromatic carbocycles. The summed E-state index contributed by atoms with van der Waals surface area (Å²) >= 11 is 0. The Labute approximate surface area is 123 Å². The first-order valence-corrected chi connectivity index (χ1v) is 7.73. The molecule has 1 aliphatic heterocycles. The summed E-state index contributed by atoms with van der Waals surface area (Å²) in [4.78, 5) is 17.0. The van der Waals surface area contributed by atoms with Gasteiger partial charge in [-0.3, -0.25) is 9.69 Å². The fourth-order valence-corrected chi connectivity index (χ4v) is 2.58. The van der Waals surface area contributed by atoms with Crippen LogP contribution in [0.2, 0.25) is 0 Å². The zero-order chi connectivity index (χ0) is 15.2. The molecule has 1 aliphatic rings. The molecule has 0 saturated carbocycles. The molecule has 0 spiro atoms. The highest BCUT2D eigenvalue weighted by Crippen LogP contribution is 2.26. The molecule has 4 heteroatoms. The summed E-state index contributed by atoms with van der Waals surface area (Å²) in [5.74, 6) is 0.214. The molecule has 116 valence electrons. The summed E-state index contributed by atoms with van der Waals surface area (Å²) in [7, 11) is 0. The molecular weight excluding hydrogens is 252 g/mol. The van der Waals surface area contributed by atoms with Crippen LogP contribution in [-0.4, -0.2) is 61.1 Å². The Kier molecular flexibility index (Phi) is 6.69. The smallest absolute Gasteiger partial charge is 0.232 e. The lowest BCUT2D eigenvalue weighted by Crippen LogP contribution is -2.56. The Morgan fingerprint density at radius 2 is 2.15 bits per heavy atom. The number of carbonyl (C=O) groups excluding carboxylic acids is 1. The molecule has 1 fully saturated rings. The lowest BCUT2D eigenvalue weighted by molar-refractivity contribution is -0.142. The van der Waals surface area contributed by atoms with Gasteiger partial charge in [0.15, 0.2) is 0 Å². The second kappa shape index (κ2) is 7.79. The lowest BCUT2D eigenvalue weighted by atomic mass is 9.85. The van der Waals surface area contributed by atoms with Crippen LogP contribution in [0.25, 0.3) is 0 Å². The van der Waals surface area contributed by atoms with Crippen molar-refractivity contribution in [2.24, 2.45) is 5.41 Å². The number of piperazine rings is 1. The predicted molar refractivity (Wildman–Crippen MR) is 82.7 cm³/mol. The predicted octanol–water partition coefficient (Wildman–Crippen LogP) is 2.16. The second-order valence-electron chi connectivity index (χ2n) is 5.81. The Morgan fingerprint density at radius 3 is 2.65 bits per heavy atom. The van der Waals surface area contributed by atoms with Gasteiger partial charge in [-0.1, -0.05) is 13.0 Å². The van der Waals surface area contributed by atoms with Gasteiger partial charge in [-0.05, 0) is 27.2 Å². The molecule has 0 N–H and O–H groups in total.